The Kier molecular flexibility index (Phi) is 2.91. The quantitative estimate of drug-likeness (QED) is 0.871. The van der Waals surface area contributed by atoms with Crippen LogP contribution in [0.4, 0.5) is 10.6 Å². The van der Waals surface area contributed by atoms with Crippen molar-refractivity contribution in [1.29, 1.82) is 0 Å². The maximum absolute atomic E-state index is 11.1. The summed E-state index contributed by atoms with van der Waals surface area (Å²) in [7, 11) is 0. The van der Waals surface area contributed by atoms with Gasteiger partial charge in [0.2, 0.25) is 0 Å². The first-order chi connectivity index (χ1) is 7.69. The number of aromatic nitrogens is 3. The molecule has 2 rings (SSSR count). The second kappa shape index (κ2) is 4.36. The van der Waals surface area contributed by atoms with Crippen molar-refractivity contribution >= 4 is 29.2 Å². The molecular weight excluding hydrogens is 232 g/mol. The van der Waals surface area contributed by atoms with Gasteiger partial charge in [-0.25, -0.2) is 14.3 Å². The van der Waals surface area contributed by atoms with Crippen LogP contribution in [0, 0.1) is 0 Å². The minimum atomic E-state index is -0.544. The third-order valence-electron chi connectivity index (χ3n) is 1.79. The first-order valence-corrected chi connectivity index (χ1v) is 5.01. The van der Waals surface area contributed by atoms with Crippen LogP contribution in [-0.4, -0.2) is 27.3 Å². The predicted octanol–water partition coefficient (Wildman–Crippen LogP) is 1.95. The molecule has 1 amide bonds. The standard InChI is InChI=1S/C9H9ClN4O2/c1-2-16-9(15)13-7-5-14-8(12-7)3-6(10)4-11-14/h3-5H,2H2,1H3,(H,13,15). The van der Waals surface area contributed by atoms with E-state index in [4.69, 9.17) is 16.3 Å². The van der Waals surface area contributed by atoms with Crippen molar-refractivity contribution < 1.29 is 9.53 Å². The number of imidazole rings is 1. The van der Waals surface area contributed by atoms with Gasteiger partial charge in [0.25, 0.3) is 0 Å². The zero-order chi connectivity index (χ0) is 11.5. The van der Waals surface area contributed by atoms with E-state index in [-0.39, 0.29) is 0 Å². The van der Waals surface area contributed by atoms with Gasteiger partial charge < -0.3 is 4.74 Å². The molecule has 0 bridgehead atoms. The molecule has 0 saturated carbocycles. The van der Waals surface area contributed by atoms with Crippen LogP contribution in [0.2, 0.25) is 5.02 Å². The van der Waals surface area contributed by atoms with Crippen LogP contribution in [0.3, 0.4) is 0 Å². The molecule has 0 atom stereocenters. The first-order valence-electron chi connectivity index (χ1n) is 4.63. The summed E-state index contributed by atoms with van der Waals surface area (Å²) in [6, 6.07) is 1.64. The molecule has 1 N–H and O–H groups in total. The van der Waals surface area contributed by atoms with Crippen LogP contribution in [0.25, 0.3) is 5.65 Å². The lowest BCUT2D eigenvalue weighted by Gasteiger charge is -1.99. The van der Waals surface area contributed by atoms with E-state index in [0.29, 0.717) is 23.1 Å². The van der Waals surface area contributed by atoms with Gasteiger partial charge in [0.1, 0.15) is 0 Å². The Morgan fingerprint density at radius 1 is 1.69 bits per heavy atom. The Balaban J connectivity index is 2.23. The number of ether oxygens (including phenoxy) is 1. The highest BCUT2D eigenvalue weighted by Crippen LogP contribution is 2.12. The van der Waals surface area contributed by atoms with Crippen LogP contribution < -0.4 is 5.32 Å². The average molecular weight is 241 g/mol. The van der Waals surface area contributed by atoms with Gasteiger partial charge in [0, 0.05) is 6.07 Å². The van der Waals surface area contributed by atoms with Crippen LogP contribution in [-0.2, 0) is 4.74 Å². The van der Waals surface area contributed by atoms with Gasteiger partial charge in [-0.15, -0.1) is 0 Å². The molecule has 0 aliphatic heterocycles. The SMILES string of the molecule is CCOC(=O)Nc1cn2ncc(Cl)cc2n1. The van der Waals surface area contributed by atoms with E-state index in [1.807, 2.05) is 0 Å². The molecule has 2 heterocycles. The molecule has 84 valence electrons. The van der Waals surface area contributed by atoms with E-state index in [1.165, 1.54) is 10.7 Å². The van der Waals surface area contributed by atoms with Crippen LogP contribution >= 0.6 is 11.6 Å². The van der Waals surface area contributed by atoms with Crippen molar-refractivity contribution in [1.82, 2.24) is 14.6 Å². The van der Waals surface area contributed by atoms with Gasteiger partial charge in [-0.3, -0.25) is 5.32 Å². The number of anilines is 1. The maximum atomic E-state index is 11.1. The molecule has 0 fully saturated rings. The third-order valence-corrected chi connectivity index (χ3v) is 2.00. The van der Waals surface area contributed by atoms with Gasteiger partial charge in [-0.05, 0) is 6.92 Å². The highest BCUT2D eigenvalue weighted by atomic mass is 35.5. The molecule has 0 unspecified atom stereocenters. The van der Waals surface area contributed by atoms with E-state index in [9.17, 15) is 4.79 Å². The van der Waals surface area contributed by atoms with E-state index in [2.05, 4.69) is 15.4 Å². The Labute approximate surface area is 96.2 Å². The summed E-state index contributed by atoms with van der Waals surface area (Å²) >= 11 is 5.76. The molecule has 0 aliphatic carbocycles. The molecule has 0 aliphatic rings. The minimum absolute atomic E-state index is 0.309. The maximum Gasteiger partial charge on any atom is 0.412 e. The number of hydrogen-bond donors (Lipinski definition) is 1. The summed E-state index contributed by atoms with van der Waals surface area (Å²) in [6.45, 7) is 2.04. The number of carbonyl (C=O) groups excluding carboxylic acids is 1. The van der Waals surface area contributed by atoms with E-state index in [1.54, 1.807) is 19.2 Å². The van der Waals surface area contributed by atoms with E-state index >= 15 is 0 Å². The molecule has 0 radical (unpaired) electrons. The van der Waals surface area contributed by atoms with Gasteiger partial charge in [0.15, 0.2) is 11.5 Å². The monoisotopic (exact) mass is 240 g/mol. The van der Waals surface area contributed by atoms with Gasteiger partial charge >= 0.3 is 6.09 Å². The number of fused-ring (bicyclic) bond motifs is 1. The molecule has 2 aromatic heterocycles. The third kappa shape index (κ3) is 2.22. The normalized spacial score (nSPS) is 10.4. The van der Waals surface area contributed by atoms with Gasteiger partial charge in [-0.1, -0.05) is 11.6 Å². The van der Waals surface area contributed by atoms with Gasteiger partial charge in [0.05, 0.1) is 24.0 Å². The van der Waals surface area contributed by atoms with Crippen LogP contribution in [0.5, 0.6) is 0 Å². The van der Waals surface area contributed by atoms with Crippen molar-refractivity contribution in [3.05, 3.63) is 23.5 Å². The smallest absolute Gasteiger partial charge is 0.412 e. The minimum Gasteiger partial charge on any atom is -0.450 e. The second-order valence-corrected chi connectivity index (χ2v) is 3.38. The molecular formula is C9H9ClN4O2. The lowest BCUT2D eigenvalue weighted by molar-refractivity contribution is 0.168. The number of hydrogen-bond acceptors (Lipinski definition) is 4. The van der Waals surface area contributed by atoms with Crippen molar-refractivity contribution in [3.63, 3.8) is 0 Å². The van der Waals surface area contributed by atoms with Crippen LogP contribution in [0.1, 0.15) is 6.92 Å². The van der Waals surface area contributed by atoms with E-state index < -0.39 is 6.09 Å². The molecule has 2 aromatic rings. The Bertz CT molecular complexity index is 525. The fraction of sp³-hybridized carbons (Fsp3) is 0.222. The van der Waals surface area contributed by atoms with Crippen LogP contribution in [0.15, 0.2) is 18.5 Å². The summed E-state index contributed by atoms with van der Waals surface area (Å²) in [5.74, 6) is 0.369. The summed E-state index contributed by atoms with van der Waals surface area (Å²) in [5, 5.41) is 6.95. The highest BCUT2D eigenvalue weighted by molar-refractivity contribution is 6.30. The Morgan fingerprint density at radius 3 is 3.25 bits per heavy atom. The highest BCUT2D eigenvalue weighted by Gasteiger charge is 2.07. The zero-order valence-electron chi connectivity index (χ0n) is 8.48. The van der Waals surface area contributed by atoms with Crippen molar-refractivity contribution in [2.45, 2.75) is 6.92 Å². The molecule has 0 saturated heterocycles. The number of nitrogens with zero attached hydrogens (tertiary/aromatic N) is 3. The van der Waals surface area contributed by atoms with E-state index in [0.717, 1.165) is 0 Å². The average Bonchev–Trinajstić information content (AvgIpc) is 2.59. The summed E-state index contributed by atoms with van der Waals surface area (Å²) in [6.07, 6.45) is 2.52. The lowest BCUT2D eigenvalue weighted by Crippen LogP contribution is -2.13. The van der Waals surface area contributed by atoms with Gasteiger partial charge in [-0.2, -0.15) is 5.10 Å². The zero-order valence-corrected chi connectivity index (χ0v) is 9.23. The lowest BCUT2D eigenvalue weighted by atomic mass is 10.6. The topological polar surface area (TPSA) is 68.5 Å². The summed E-state index contributed by atoms with van der Waals surface area (Å²) in [4.78, 5) is 15.2. The largest absolute Gasteiger partial charge is 0.450 e. The predicted molar refractivity (Wildman–Crippen MR) is 58.6 cm³/mol. The van der Waals surface area contributed by atoms with Crippen molar-refractivity contribution in [3.8, 4) is 0 Å². The molecule has 7 heteroatoms. The Morgan fingerprint density at radius 2 is 2.50 bits per heavy atom. The van der Waals surface area contributed by atoms with Crippen molar-refractivity contribution in [2.75, 3.05) is 11.9 Å². The molecule has 6 nitrogen and oxygen atoms in total. The first kappa shape index (κ1) is 10.7. The fourth-order valence-corrected chi connectivity index (χ4v) is 1.33. The summed E-state index contributed by atoms with van der Waals surface area (Å²) < 4.78 is 6.23. The number of nitrogens with one attached hydrogen (secondary N) is 1. The molecule has 0 spiro atoms. The Hall–Kier alpha value is -1.82. The second-order valence-electron chi connectivity index (χ2n) is 2.95. The fourth-order valence-electron chi connectivity index (χ4n) is 1.19. The number of carbonyl (C=O) groups is 1. The summed E-state index contributed by atoms with van der Waals surface area (Å²) in [5.41, 5.74) is 0.555. The number of rotatable bonds is 2. The molecule has 16 heavy (non-hydrogen) atoms. The number of amides is 1. The van der Waals surface area contributed by atoms with Crippen molar-refractivity contribution in [2.24, 2.45) is 0 Å². The molecule has 0 aromatic carbocycles. The number of halogens is 1.